The molecule has 3 rings (SSSR count). The van der Waals surface area contributed by atoms with Crippen LogP contribution >= 0.6 is 0 Å². The van der Waals surface area contributed by atoms with Gasteiger partial charge in [-0.3, -0.25) is 10.1 Å². The number of hydrogen-bond acceptors (Lipinski definition) is 5. The van der Waals surface area contributed by atoms with Gasteiger partial charge in [-0.15, -0.1) is 0 Å². The van der Waals surface area contributed by atoms with E-state index < -0.39 is 16.8 Å². The molecule has 0 radical (unpaired) electrons. The quantitative estimate of drug-likeness (QED) is 0.610. The van der Waals surface area contributed by atoms with E-state index in [0.717, 1.165) is 0 Å². The largest absolute Gasteiger partial charge is 0.372 e. The van der Waals surface area contributed by atoms with Crippen molar-refractivity contribution in [1.82, 2.24) is 0 Å². The van der Waals surface area contributed by atoms with Crippen LogP contribution in [0.25, 0.3) is 0 Å². The summed E-state index contributed by atoms with van der Waals surface area (Å²) < 4.78 is 20.3. The summed E-state index contributed by atoms with van der Waals surface area (Å²) >= 11 is 0. The molecule has 2 aromatic rings. The third-order valence-corrected chi connectivity index (χ3v) is 4.31. The molecule has 8 nitrogen and oxygen atoms in total. The number of amides is 2. The van der Waals surface area contributed by atoms with Crippen LogP contribution in [-0.2, 0) is 4.74 Å². The number of carbonyl (C=O) groups excluding carboxylic acids is 1. The molecule has 0 saturated carbocycles. The molecule has 1 heterocycles. The van der Waals surface area contributed by atoms with Crippen molar-refractivity contribution in [2.75, 3.05) is 28.6 Å². The molecule has 28 heavy (non-hydrogen) atoms. The second-order valence-corrected chi connectivity index (χ2v) is 6.68. The number of carbonyl (C=O) groups is 1. The van der Waals surface area contributed by atoms with E-state index in [1.54, 1.807) is 18.2 Å². The Kier molecular flexibility index (Phi) is 5.74. The van der Waals surface area contributed by atoms with Crippen LogP contribution in [-0.4, -0.2) is 36.3 Å². The maximum atomic E-state index is 14.6. The highest BCUT2D eigenvalue weighted by Gasteiger charge is 2.24. The topological polar surface area (TPSA) is 96.7 Å². The number of halogens is 1. The molecule has 0 aromatic heterocycles. The van der Waals surface area contributed by atoms with Crippen LogP contribution in [0.5, 0.6) is 0 Å². The first kappa shape index (κ1) is 19.6. The fourth-order valence-electron chi connectivity index (χ4n) is 3.24. The van der Waals surface area contributed by atoms with Gasteiger partial charge in [-0.1, -0.05) is 12.1 Å². The van der Waals surface area contributed by atoms with Crippen LogP contribution in [0.2, 0.25) is 0 Å². The number of nitrogens with one attached hydrogen (secondary N) is 2. The SMILES string of the molecule is CC1CN(c2ccc(NC(=O)Nc3ccccc3[N+](=O)[O-])cc2F)CC(C)O1. The third kappa shape index (κ3) is 4.55. The Morgan fingerprint density at radius 1 is 1.18 bits per heavy atom. The summed E-state index contributed by atoms with van der Waals surface area (Å²) in [4.78, 5) is 24.5. The zero-order chi connectivity index (χ0) is 20.3. The molecule has 1 saturated heterocycles. The minimum atomic E-state index is -0.699. The van der Waals surface area contributed by atoms with Crippen LogP contribution in [0.3, 0.4) is 0 Å². The first-order valence-electron chi connectivity index (χ1n) is 8.85. The molecular weight excluding hydrogens is 367 g/mol. The predicted octanol–water partition coefficient (Wildman–Crippen LogP) is 3.99. The van der Waals surface area contributed by atoms with Crippen LogP contribution in [0.15, 0.2) is 42.5 Å². The van der Waals surface area contributed by atoms with Gasteiger partial charge in [0.25, 0.3) is 5.69 Å². The summed E-state index contributed by atoms with van der Waals surface area (Å²) in [5, 5.41) is 15.9. The molecule has 2 aromatic carbocycles. The Labute approximate surface area is 161 Å². The lowest BCUT2D eigenvalue weighted by Crippen LogP contribution is -2.45. The number of rotatable bonds is 4. The van der Waals surface area contributed by atoms with Crippen molar-refractivity contribution in [3.8, 4) is 0 Å². The Hall–Kier alpha value is -3.20. The molecule has 2 atom stereocenters. The number of anilines is 3. The van der Waals surface area contributed by atoms with Gasteiger partial charge in [0.05, 0.1) is 22.8 Å². The van der Waals surface area contributed by atoms with E-state index in [-0.39, 0.29) is 29.3 Å². The summed E-state index contributed by atoms with van der Waals surface area (Å²) in [5.74, 6) is -0.468. The first-order chi connectivity index (χ1) is 13.3. The zero-order valence-electron chi connectivity index (χ0n) is 15.5. The fourth-order valence-corrected chi connectivity index (χ4v) is 3.24. The normalized spacial score (nSPS) is 19.2. The summed E-state index contributed by atoms with van der Waals surface area (Å²) in [7, 11) is 0. The Morgan fingerprint density at radius 2 is 1.86 bits per heavy atom. The van der Waals surface area contributed by atoms with Crippen LogP contribution in [0.1, 0.15) is 13.8 Å². The van der Waals surface area contributed by atoms with Gasteiger partial charge < -0.3 is 20.3 Å². The first-order valence-corrected chi connectivity index (χ1v) is 8.85. The van der Waals surface area contributed by atoms with Gasteiger partial charge in [-0.2, -0.15) is 0 Å². The smallest absolute Gasteiger partial charge is 0.323 e. The van der Waals surface area contributed by atoms with E-state index in [1.807, 2.05) is 18.7 Å². The van der Waals surface area contributed by atoms with E-state index in [9.17, 15) is 19.3 Å². The van der Waals surface area contributed by atoms with Crippen molar-refractivity contribution >= 4 is 28.8 Å². The second kappa shape index (κ2) is 8.22. The minimum Gasteiger partial charge on any atom is -0.372 e. The number of urea groups is 1. The monoisotopic (exact) mass is 388 g/mol. The van der Waals surface area contributed by atoms with Gasteiger partial charge in [0.2, 0.25) is 0 Å². The Bertz CT molecular complexity index is 882. The molecule has 1 aliphatic heterocycles. The third-order valence-electron chi connectivity index (χ3n) is 4.31. The van der Waals surface area contributed by atoms with Gasteiger partial charge in [0.15, 0.2) is 0 Å². The summed E-state index contributed by atoms with van der Waals surface area (Å²) in [5.41, 5.74) is 0.506. The zero-order valence-corrected chi connectivity index (χ0v) is 15.5. The van der Waals surface area contributed by atoms with Gasteiger partial charge in [-0.05, 0) is 38.1 Å². The molecule has 0 spiro atoms. The van der Waals surface area contributed by atoms with E-state index in [0.29, 0.717) is 18.8 Å². The van der Waals surface area contributed by atoms with Crippen molar-refractivity contribution in [2.24, 2.45) is 0 Å². The molecule has 148 valence electrons. The van der Waals surface area contributed by atoms with E-state index >= 15 is 0 Å². The van der Waals surface area contributed by atoms with Crippen LogP contribution in [0, 0.1) is 15.9 Å². The molecular formula is C19H21FN4O4. The number of benzene rings is 2. The predicted molar refractivity (Wildman–Crippen MR) is 104 cm³/mol. The molecule has 0 aliphatic carbocycles. The van der Waals surface area contributed by atoms with Crippen LogP contribution in [0.4, 0.5) is 31.9 Å². The standard InChI is InChI=1S/C19H21FN4O4/c1-12-10-23(11-13(2)28-12)17-8-7-14(9-15(17)20)21-19(25)22-16-5-3-4-6-18(16)24(26)27/h3-9,12-13H,10-11H2,1-2H3,(H2,21,22,25). The maximum Gasteiger partial charge on any atom is 0.323 e. The van der Waals surface area contributed by atoms with Crippen molar-refractivity contribution in [2.45, 2.75) is 26.1 Å². The van der Waals surface area contributed by atoms with E-state index in [2.05, 4.69) is 10.6 Å². The van der Waals surface area contributed by atoms with Gasteiger partial charge >= 0.3 is 6.03 Å². The van der Waals surface area contributed by atoms with Gasteiger partial charge in [0.1, 0.15) is 11.5 Å². The van der Waals surface area contributed by atoms with Gasteiger partial charge in [0, 0.05) is 24.8 Å². The number of nitro benzene ring substituents is 1. The molecule has 1 fully saturated rings. The molecule has 2 unspecified atom stereocenters. The van der Waals surface area contributed by atoms with Crippen molar-refractivity contribution < 1.29 is 18.8 Å². The number of para-hydroxylation sites is 2. The van der Waals surface area contributed by atoms with Crippen molar-refractivity contribution in [3.05, 3.63) is 58.4 Å². The number of nitrogens with zero attached hydrogens (tertiary/aromatic N) is 2. The highest BCUT2D eigenvalue weighted by atomic mass is 19.1. The Balaban J connectivity index is 1.69. The summed E-state index contributed by atoms with van der Waals surface area (Å²) in [6, 6.07) is 9.48. The van der Waals surface area contributed by atoms with Gasteiger partial charge in [-0.25, -0.2) is 9.18 Å². The highest BCUT2D eigenvalue weighted by Crippen LogP contribution is 2.27. The average molecular weight is 388 g/mol. The summed E-state index contributed by atoms with van der Waals surface area (Å²) in [6.45, 7) is 5.02. The Morgan fingerprint density at radius 3 is 2.50 bits per heavy atom. The van der Waals surface area contributed by atoms with E-state index in [1.165, 1.54) is 24.3 Å². The maximum absolute atomic E-state index is 14.6. The molecule has 9 heteroatoms. The minimum absolute atomic E-state index is 0.00612. The molecule has 2 N–H and O–H groups in total. The lowest BCUT2D eigenvalue weighted by Gasteiger charge is -2.37. The summed E-state index contributed by atoms with van der Waals surface area (Å²) in [6.07, 6.45) is -0.0122. The number of ether oxygens (including phenoxy) is 1. The molecule has 0 bridgehead atoms. The van der Waals surface area contributed by atoms with Crippen molar-refractivity contribution in [3.63, 3.8) is 0 Å². The average Bonchev–Trinajstić information content (AvgIpc) is 2.61. The lowest BCUT2D eigenvalue weighted by molar-refractivity contribution is -0.383. The van der Waals surface area contributed by atoms with Crippen LogP contribution < -0.4 is 15.5 Å². The van der Waals surface area contributed by atoms with E-state index in [4.69, 9.17) is 4.74 Å². The fraction of sp³-hybridized carbons (Fsp3) is 0.316. The lowest BCUT2D eigenvalue weighted by atomic mass is 10.2. The highest BCUT2D eigenvalue weighted by molar-refractivity contribution is 6.01. The number of hydrogen-bond donors (Lipinski definition) is 2. The second-order valence-electron chi connectivity index (χ2n) is 6.68. The molecule has 2 amide bonds. The number of morpholine rings is 1. The number of nitro groups is 1. The molecule has 1 aliphatic rings. The van der Waals surface area contributed by atoms with Crippen molar-refractivity contribution in [1.29, 1.82) is 0 Å².